The summed E-state index contributed by atoms with van der Waals surface area (Å²) in [6, 6.07) is 21.9. The quantitative estimate of drug-likeness (QED) is 0.0441. The molecule has 2 N–H and O–H groups in total. The van der Waals surface area contributed by atoms with Crippen molar-refractivity contribution < 1.29 is 45.6 Å². The third-order valence-corrected chi connectivity index (χ3v) is 10.7. The first-order valence-corrected chi connectivity index (χ1v) is 21.8. The second-order valence-electron chi connectivity index (χ2n) is 13.3. The molecule has 0 spiro atoms. The molecule has 0 aromatic heterocycles. The Kier molecular flexibility index (Phi) is 22.3. The smallest absolute Gasteiger partial charge is 0.872 e. The number of para-hydroxylation sites is 2. The summed E-state index contributed by atoms with van der Waals surface area (Å²) < 4.78 is 79.5. The Morgan fingerprint density at radius 1 is 0.545 bits per heavy atom. The number of hydrogen-bond acceptors (Lipinski definition) is 9. The molecule has 10 nitrogen and oxygen atoms in total. The zero-order chi connectivity index (χ0) is 39.4. The van der Waals surface area contributed by atoms with E-state index in [-0.39, 0.29) is 71.2 Å². The van der Waals surface area contributed by atoms with E-state index in [1.54, 1.807) is 54.6 Å². The van der Waals surface area contributed by atoms with Gasteiger partial charge in [0.15, 0.2) is 5.75 Å². The van der Waals surface area contributed by atoms with Crippen molar-refractivity contribution in [2.75, 3.05) is 0 Å². The number of hydrogen-bond donors (Lipinski definition) is 2. The molecule has 0 heterocycles. The Bertz CT molecular complexity index is 1780. The van der Waals surface area contributed by atoms with Crippen LogP contribution in [-0.2, 0) is 33.1 Å². The average Bonchev–Trinajstić information content (AvgIpc) is 3.13. The Labute approximate surface area is 357 Å². The molecule has 0 bridgehead atoms. The zero-order valence-electron chi connectivity index (χ0n) is 32.1. The molecule has 55 heavy (non-hydrogen) atoms. The van der Waals surface area contributed by atoms with Crippen LogP contribution in [0, 0.1) is 0 Å². The van der Waals surface area contributed by atoms with Gasteiger partial charge < -0.3 is 24.2 Å². The van der Waals surface area contributed by atoms with Crippen molar-refractivity contribution >= 4 is 58.0 Å². The first-order chi connectivity index (χ1) is 25.9. The summed E-state index contributed by atoms with van der Waals surface area (Å²) in [4.78, 5) is -0.814. The Balaban J connectivity index is 0.000000373. The number of phenols is 1. The Hall–Kier alpha value is -2.84. The molecule has 0 aliphatic rings. The van der Waals surface area contributed by atoms with Crippen LogP contribution in [0.15, 0.2) is 94.7 Å². The van der Waals surface area contributed by atoms with Crippen LogP contribution in [-0.4, -0.2) is 68.8 Å². The third-order valence-electron chi connectivity index (χ3n) is 8.92. The van der Waals surface area contributed by atoms with Gasteiger partial charge in [-0.05, 0) is 73.7 Å². The van der Waals surface area contributed by atoms with Crippen molar-refractivity contribution in [2.45, 2.75) is 126 Å². The molecule has 0 saturated carbocycles. The molecule has 296 valence electrons. The average molecular weight is 823 g/mol. The maximum absolute atomic E-state index is 12.3. The van der Waals surface area contributed by atoms with Crippen molar-refractivity contribution in [2.24, 2.45) is 0 Å². The topological polar surface area (TPSA) is 173 Å². The standard InChI is InChI=1S/2C21H28O5S.Ca/c2*1-2-3-4-5-6-7-11-14-18-19(22)15-16-20(27(23,24)25)21(18)26-17-12-9-8-10-13-17;/h2*8-10,12-13,15-16,22H,2-7,11,14H2,1H3,(H,23,24,25);/q;;+2/p-2. The number of unbranched alkanes of at least 4 members (excludes halogenated alkanes) is 12. The number of aromatic hydroxyl groups is 1. The van der Waals surface area contributed by atoms with Crippen LogP contribution in [0.25, 0.3) is 0 Å². The summed E-state index contributed by atoms with van der Waals surface area (Å²) in [6.45, 7) is 4.35. The number of rotatable bonds is 22. The summed E-state index contributed by atoms with van der Waals surface area (Å²) >= 11 is 0. The molecule has 0 radical (unpaired) electrons. The van der Waals surface area contributed by atoms with E-state index in [0.29, 0.717) is 29.9 Å². The first kappa shape index (κ1) is 48.3. The maximum atomic E-state index is 12.3. The fourth-order valence-electron chi connectivity index (χ4n) is 6.02. The maximum Gasteiger partial charge on any atom is 2.00 e. The van der Waals surface area contributed by atoms with Gasteiger partial charge in [0, 0.05) is 5.56 Å². The summed E-state index contributed by atoms with van der Waals surface area (Å²) in [5.74, 6) is 0.352. The predicted octanol–water partition coefficient (Wildman–Crippen LogP) is 10.1. The molecule has 0 aliphatic heterocycles. The minimum absolute atomic E-state index is 0. The molecule has 4 aromatic rings. The monoisotopic (exact) mass is 822 g/mol. The van der Waals surface area contributed by atoms with Gasteiger partial charge in [0.1, 0.15) is 38.0 Å². The number of phenolic OH excluding ortho intramolecular Hbond substituents is 1. The van der Waals surface area contributed by atoms with E-state index in [4.69, 9.17) is 9.47 Å². The normalized spacial score (nSPS) is 11.3. The SMILES string of the molecule is CCCCCCCCCc1c(O)ccc(S(=O)(=O)O)c1Oc1ccccc1.CCCCCCCCCc1c([O-])ccc(S(=O)(=O)[O-])c1Oc1ccccc1.[Ca+2]. The van der Waals surface area contributed by atoms with Crippen molar-refractivity contribution in [3.8, 4) is 34.5 Å². The van der Waals surface area contributed by atoms with Crippen LogP contribution < -0.4 is 14.6 Å². The molecule has 0 fully saturated rings. The fourth-order valence-corrected chi connectivity index (χ4v) is 7.28. The number of benzene rings is 4. The van der Waals surface area contributed by atoms with Gasteiger partial charge in [0.05, 0.1) is 4.90 Å². The summed E-state index contributed by atoms with van der Waals surface area (Å²) in [7, 11) is -9.23. The molecule has 0 atom stereocenters. The van der Waals surface area contributed by atoms with Gasteiger partial charge in [-0.2, -0.15) is 8.42 Å². The minimum atomic E-state index is -4.75. The van der Waals surface area contributed by atoms with Gasteiger partial charge in [0.2, 0.25) is 0 Å². The van der Waals surface area contributed by atoms with E-state index >= 15 is 0 Å². The minimum Gasteiger partial charge on any atom is -0.872 e. The molecule has 4 rings (SSSR count). The van der Waals surface area contributed by atoms with Crippen LogP contribution >= 0.6 is 0 Å². The third kappa shape index (κ3) is 17.0. The van der Waals surface area contributed by atoms with Gasteiger partial charge in [-0.25, -0.2) is 8.42 Å². The van der Waals surface area contributed by atoms with Gasteiger partial charge in [0.25, 0.3) is 10.1 Å². The second-order valence-corrected chi connectivity index (χ2v) is 16.0. The molecule has 0 unspecified atom stereocenters. The number of ether oxygens (including phenoxy) is 2. The van der Waals surface area contributed by atoms with Crippen LogP contribution in [0.4, 0.5) is 0 Å². The summed E-state index contributed by atoms with van der Waals surface area (Å²) in [6.07, 6.45) is 16.2. The van der Waals surface area contributed by atoms with Gasteiger partial charge in [-0.1, -0.05) is 133 Å². The van der Waals surface area contributed by atoms with E-state index in [1.807, 2.05) is 6.07 Å². The van der Waals surface area contributed by atoms with Crippen molar-refractivity contribution in [3.05, 3.63) is 96.1 Å². The van der Waals surface area contributed by atoms with Crippen LogP contribution in [0.2, 0.25) is 0 Å². The molecule has 0 amide bonds. The largest absolute Gasteiger partial charge is 2.00 e. The first-order valence-electron chi connectivity index (χ1n) is 18.9. The predicted molar refractivity (Wildman–Crippen MR) is 214 cm³/mol. The van der Waals surface area contributed by atoms with Gasteiger partial charge in [-0.15, -0.1) is 5.75 Å². The van der Waals surface area contributed by atoms with E-state index in [9.17, 15) is 36.2 Å². The fraction of sp³-hybridized carbons (Fsp3) is 0.429. The summed E-state index contributed by atoms with van der Waals surface area (Å²) in [5.41, 5.74) is 0.659. The van der Waals surface area contributed by atoms with Gasteiger partial charge >= 0.3 is 37.7 Å². The van der Waals surface area contributed by atoms with Crippen molar-refractivity contribution in [3.63, 3.8) is 0 Å². The zero-order valence-corrected chi connectivity index (χ0v) is 35.9. The van der Waals surface area contributed by atoms with Crippen molar-refractivity contribution in [1.82, 2.24) is 0 Å². The molecule has 13 heteroatoms. The molecular weight excluding hydrogens is 769 g/mol. The van der Waals surface area contributed by atoms with E-state index < -0.39 is 25.1 Å². The van der Waals surface area contributed by atoms with Gasteiger partial charge in [-0.3, -0.25) is 4.55 Å². The summed E-state index contributed by atoms with van der Waals surface area (Å²) in [5, 5.41) is 22.6. The molecule has 0 aliphatic carbocycles. The van der Waals surface area contributed by atoms with Crippen LogP contribution in [0.1, 0.15) is 115 Å². The molecular formula is C42H54CaO10S2. The van der Waals surface area contributed by atoms with E-state index in [1.165, 1.54) is 51.0 Å². The van der Waals surface area contributed by atoms with Crippen molar-refractivity contribution in [1.29, 1.82) is 0 Å². The second kappa shape index (κ2) is 25.4. The Morgan fingerprint density at radius 2 is 0.945 bits per heavy atom. The Morgan fingerprint density at radius 3 is 1.38 bits per heavy atom. The van der Waals surface area contributed by atoms with E-state index in [0.717, 1.165) is 63.1 Å². The van der Waals surface area contributed by atoms with Crippen LogP contribution in [0.5, 0.6) is 34.5 Å². The molecule has 0 saturated heterocycles. The van der Waals surface area contributed by atoms with E-state index in [2.05, 4.69) is 13.8 Å². The van der Waals surface area contributed by atoms with Crippen LogP contribution in [0.3, 0.4) is 0 Å². The molecule has 4 aromatic carbocycles.